The molecule has 1 aliphatic rings. The minimum Gasteiger partial charge on any atom is -0.493 e. The molecule has 1 aromatic rings. The number of aryl methyl sites for hydroxylation is 1. The number of benzene rings is 1. The van der Waals surface area contributed by atoms with Crippen molar-refractivity contribution in [3.63, 3.8) is 0 Å². The highest BCUT2D eigenvalue weighted by atomic mass is 16.5. The first-order chi connectivity index (χ1) is 7.18. The molecule has 0 aromatic heterocycles. The lowest BCUT2D eigenvalue weighted by atomic mass is 10.0. The average Bonchev–Trinajstić information content (AvgIpc) is 2.27. The molecule has 1 aromatic carbocycles. The maximum Gasteiger partial charge on any atom is 0.253 e. The van der Waals surface area contributed by atoms with Crippen LogP contribution in [-0.2, 0) is 6.42 Å². The first-order valence-corrected chi connectivity index (χ1v) is 5.16. The van der Waals surface area contributed by atoms with Gasteiger partial charge in [0.05, 0.1) is 6.61 Å². The minimum absolute atomic E-state index is 0.0203. The van der Waals surface area contributed by atoms with Gasteiger partial charge >= 0.3 is 0 Å². The van der Waals surface area contributed by atoms with Crippen molar-refractivity contribution in [3.8, 4) is 5.75 Å². The SMILES string of the molecule is CN(C)C(=O)c1ccc2c(c1)OCCC2. The summed E-state index contributed by atoms with van der Waals surface area (Å²) < 4.78 is 5.52. The summed E-state index contributed by atoms with van der Waals surface area (Å²) >= 11 is 0. The smallest absolute Gasteiger partial charge is 0.253 e. The summed E-state index contributed by atoms with van der Waals surface area (Å²) in [4.78, 5) is 13.3. The Kier molecular flexibility index (Phi) is 2.62. The molecule has 15 heavy (non-hydrogen) atoms. The zero-order valence-electron chi connectivity index (χ0n) is 9.12. The van der Waals surface area contributed by atoms with Gasteiger partial charge in [-0.15, -0.1) is 0 Å². The van der Waals surface area contributed by atoms with E-state index in [0.717, 1.165) is 25.2 Å². The van der Waals surface area contributed by atoms with Crippen molar-refractivity contribution in [2.45, 2.75) is 12.8 Å². The first kappa shape index (κ1) is 10.0. The Bertz CT molecular complexity index is 385. The molecule has 0 fully saturated rings. The normalized spacial score (nSPS) is 14.0. The molecule has 0 bridgehead atoms. The molecule has 3 heteroatoms. The number of fused-ring (bicyclic) bond motifs is 1. The predicted molar refractivity (Wildman–Crippen MR) is 58.3 cm³/mol. The standard InChI is InChI=1S/C12H15NO2/c1-13(2)12(14)10-6-5-9-4-3-7-15-11(9)8-10/h5-6,8H,3-4,7H2,1-2H3. The summed E-state index contributed by atoms with van der Waals surface area (Å²) in [5, 5.41) is 0. The first-order valence-electron chi connectivity index (χ1n) is 5.16. The number of ether oxygens (including phenoxy) is 1. The van der Waals surface area contributed by atoms with Crippen LogP contribution < -0.4 is 4.74 Å². The van der Waals surface area contributed by atoms with Crippen LogP contribution in [0.15, 0.2) is 18.2 Å². The van der Waals surface area contributed by atoms with Crippen LogP contribution in [0.25, 0.3) is 0 Å². The van der Waals surface area contributed by atoms with Crippen LogP contribution in [0.3, 0.4) is 0 Å². The van der Waals surface area contributed by atoms with E-state index in [4.69, 9.17) is 4.74 Å². The quantitative estimate of drug-likeness (QED) is 0.698. The molecule has 0 N–H and O–H groups in total. The number of rotatable bonds is 1. The number of hydrogen-bond donors (Lipinski definition) is 0. The van der Waals surface area contributed by atoms with Crippen molar-refractivity contribution in [3.05, 3.63) is 29.3 Å². The van der Waals surface area contributed by atoms with E-state index in [1.165, 1.54) is 5.56 Å². The molecule has 0 atom stereocenters. The van der Waals surface area contributed by atoms with Gasteiger partial charge in [0.25, 0.3) is 5.91 Å². The van der Waals surface area contributed by atoms with E-state index >= 15 is 0 Å². The lowest BCUT2D eigenvalue weighted by molar-refractivity contribution is 0.0827. The molecule has 0 saturated heterocycles. The van der Waals surface area contributed by atoms with E-state index in [2.05, 4.69) is 0 Å². The molecule has 1 heterocycles. The minimum atomic E-state index is 0.0203. The van der Waals surface area contributed by atoms with Gasteiger partial charge in [0.15, 0.2) is 0 Å². The summed E-state index contributed by atoms with van der Waals surface area (Å²) in [6.45, 7) is 0.757. The van der Waals surface area contributed by atoms with Crippen molar-refractivity contribution < 1.29 is 9.53 Å². The number of amides is 1. The Morgan fingerprint density at radius 1 is 1.40 bits per heavy atom. The zero-order chi connectivity index (χ0) is 10.8. The second-order valence-electron chi connectivity index (χ2n) is 3.97. The van der Waals surface area contributed by atoms with Gasteiger partial charge in [-0.05, 0) is 30.5 Å². The second-order valence-corrected chi connectivity index (χ2v) is 3.97. The lowest BCUT2D eigenvalue weighted by Crippen LogP contribution is -2.22. The average molecular weight is 205 g/mol. The summed E-state index contributed by atoms with van der Waals surface area (Å²) in [5.74, 6) is 0.890. The maximum atomic E-state index is 11.7. The Labute approximate surface area is 89.7 Å². The molecule has 0 aliphatic carbocycles. The Hall–Kier alpha value is -1.51. The third-order valence-corrected chi connectivity index (χ3v) is 2.57. The van der Waals surface area contributed by atoms with Crippen molar-refractivity contribution in [1.29, 1.82) is 0 Å². The third kappa shape index (κ3) is 1.96. The fraction of sp³-hybridized carbons (Fsp3) is 0.417. The second kappa shape index (κ2) is 3.93. The molecular formula is C12H15NO2. The van der Waals surface area contributed by atoms with E-state index in [1.807, 2.05) is 18.2 Å². The Morgan fingerprint density at radius 3 is 2.93 bits per heavy atom. The van der Waals surface area contributed by atoms with Gasteiger partial charge in [-0.25, -0.2) is 0 Å². The van der Waals surface area contributed by atoms with Crippen molar-refractivity contribution >= 4 is 5.91 Å². The van der Waals surface area contributed by atoms with Crippen LogP contribution in [-0.4, -0.2) is 31.5 Å². The van der Waals surface area contributed by atoms with E-state index in [-0.39, 0.29) is 5.91 Å². The highest BCUT2D eigenvalue weighted by molar-refractivity contribution is 5.94. The highest BCUT2D eigenvalue weighted by Gasteiger charge is 2.14. The number of hydrogen-bond acceptors (Lipinski definition) is 2. The van der Waals surface area contributed by atoms with E-state index < -0.39 is 0 Å². The zero-order valence-corrected chi connectivity index (χ0v) is 9.12. The van der Waals surface area contributed by atoms with Crippen LogP contribution in [0.1, 0.15) is 22.3 Å². The molecule has 0 saturated carbocycles. The lowest BCUT2D eigenvalue weighted by Gasteiger charge is -2.18. The topological polar surface area (TPSA) is 29.5 Å². The predicted octanol–water partition coefficient (Wildman–Crippen LogP) is 1.71. The van der Waals surface area contributed by atoms with Gasteiger partial charge in [0, 0.05) is 19.7 Å². The van der Waals surface area contributed by atoms with Crippen LogP contribution in [0.5, 0.6) is 5.75 Å². The fourth-order valence-electron chi connectivity index (χ4n) is 1.73. The molecule has 1 aliphatic heterocycles. The number of carbonyl (C=O) groups excluding carboxylic acids is 1. The molecule has 2 rings (SSSR count). The van der Waals surface area contributed by atoms with Crippen LogP contribution in [0, 0.1) is 0 Å². The van der Waals surface area contributed by atoms with Gasteiger partial charge in [0.2, 0.25) is 0 Å². The van der Waals surface area contributed by atoms with Gasteiger partial charge in [-0.3, -0.25) is 4.79 Å². The molecular weight excluding hydrogens is 190 g/mol. The number of carbonyl (C=O) groups is 1. The van der Waals surface area contributed by atoms with Gasteiger partial charge in [0.1, 0.15) is 5.75 Å². The van der Waals surface area contributed by atoms with Crippen molar-refractivity contribution in [2.24, 2.45) is 0 Å². The van der Waals surface area contributed by atoms with Gasteiger partial charge in [-0.2, -0.15) is 0 Å². The van der Waals surface area contributed by atoms with Crippen LogP contribution in [0.2, 0.25) is 0 Å². The summed E-state index contributed by atoms with van der Waals surface area (Å²) in [6, 6.07) is 5.71. The molecule has 3 nitrogen and oxygen atoms in total. The third-order valence-electron chi connectivity index (χ3n) is 2.57. The van der Waals surface area contributed by atoms with Gasteiger partial charge in [-0.1, -0.05) is 6.07 Å². The molecule has 0 radical (unpaired) electrons. The fourth-order valence-corrected chi connectivity index (χ4v) is 1.73. The maximum absolute atomic E-state index is 11.7. The Balaban J connectivity index is 2.32. The molecule has 0 unspecified atom stereocenters. The number of nitrogens with zero attached hydrogens (tertiary/aromatic N) is 1. The van der Waals surface area contributed by atoms with Crippen molar-refractivity contribution in [1.82, 2.24) is 4.90 Å². The summed E-state index contributed by atoms with van der Waals surface area (Å²) in [6.07, 6.45) is 2.11. The van der Waals surface area contributed by atoms with Gasteiger partial charge < -0.3 is 9.64 Å². The molecule has 80 valence electrons. The van der Waals surface area contributed by atoms with E-state index in [0.29, 0.717) is 5.56 Å². The van der Waals surface area contributed by atoms with E-state index in [1.54, 1.807) is 19.0 Å². The summed E-state index contributed by atoms with van der Waals surface area (Å²) in [5.41, 5.74) is 1.90. The van der Waals surface area contributed by atoms with Crippen LogP contribution >= 0.6 is 0 Å². The largest absolute Gasteiger partial charge is 0.493 e. The van der Waals surface area contributed by atoms with Crippen molar-refractivity contribution in [2.75, 3.05) is 20.7 Å². The summed E-state index contributed by atoms with van der Waals surface area (Å²) in [7, 11) is 3.51. The molecule has 0 spiro atoms. The van der Waals surface area contributed by atoms with E-state index in [9.17, 15) is 4.79 Å². The Morgan fingerprint density at radius 2 is 2.20 bits per heavy atom. The monoisotopic (exact) mass is 205 g/mol. The highest BCUT2D eigenvalue weighted by Crippen LogP contribution is 2.25. The van der Waals surface area contributed by atoms with Crippen LogP contribution in [0.4, 0.5) is 0 Å². The molecule has 1 amide bonds.